The second-order valence-electron chi connectivity index (χ2n) is 21.4. The van der Waals surface area contributed by atoms with Crippen LogP contribution in [0.25, 0.3) is 22.5 Å². The molecule has 0 amide bonds. The summed E-state index contributed by atoms with van der Waals surface area (Å²) < 4.78 is 64.7. The molecular weight excluding hydrogens is 923 g/mol. The smallest absolute Gasteiger partial charge is 0.231 e. The summed E-state index contributed by atoms with van der Waals surface area (Å²) in [5, 5.41) is 17.9. The van der Waals surface area contributed by atoms with Crippen molar-refractivity contribution in [2.45, 2.75) is 126 Å². The van der Waals surface area contributed by atoms with E-state index in [4.69, 9.17) is 33.8 Å². The van der Waals surface area contributed by atoms with Crippen LogP contribution in [0.1, 0.15) is 47.9 Å². The van der Waals surface area contributed by atoms with Crippen molar-refractivity contribution in [3.8, 4) is 16.8 Å². The average molecular weight is 996 g/mol. The highest BCUT2D eigenvalue weighted by Crippen LogP contribution is 2.45. The molecule has 0 N–H and O–H groups in total. The second-order valence-corrected chi connectivity index (χ2v) is 40.2. The molecule has 6 rings (SSSR count). The monoisotopic (exact) mass is 995 g/mol. The number of anilines is 1. The van der Waals surface area contributed by atoms with Gasteiger partial charge in [-0.3, -0.25) is 9.36 Å². The van der Waals surface area contributed by atoms with Crippen molar-refractivity contribution in [2.24, 2.45) is 0 Å². The highest BCUT2D eigenvalue weighted by Gasteiger charge is 2.47. The molecule has 1 saturated carbocycles. The first-order valence-corrected chi connectivity index (χ1v) is 36.4. The van der Waals surface area contributed by atoms with Crippen LogP contribution in [0.2, 0.25) is 77.1 Å². The lowest BCUT2D eigenvalue weighted by atomic mass is 9.75. The Morgan fingerprint density at radius 2 is 1.43 bits per heavy atom. The van der Waals surface area contributed by atoms with Gasteiger partial charge in [0, 0.05) is 80.6 Å². The Morgan fingerprint density at radius 3 is 2.01 bits per heavy atom. The summed E-state index contributed by atoms with van der Waals surface area (Å²) in [5.41, 5.74) is 1.91. The summed E-state index contributed by atoms with van der Waals surface area (Å²) >= 11 is 0. The van der Waals surface area contributed by atoms with Crippen molar-refractivity contribution in [3.63, 3.8) is 0 Å². The Labute approximate surface area is 399 Å². The molecule has 368 valence electrons. The number of carbonyl (C=O) groups is 1. The third-order valence-electron chi connectivity index (χ3n) is 12.0. The van der Waals surface area contributed by atoms with Crippen LogP contribution < -0.4 is 4.90 Å². The summed E-state index contributed by atoms with van der Waals surface area (Å²) in [6.07, 6.45) is 9.45. The number of hydrogen-bond acceptors (Lipinski definition) is 14. The average Bonchev–Trinajstić information content (AvgIpc) is 4.04. The Hall–Kier alpha value is -3.94. The molecule has 0 unspecified atom stereocenters. The number of hydrogen-bond donors (Lipinski definition) is 0. The fourth-order valence-electron chi connectivity index (χ4n) is 7.93. The van der Waals surface area contributed by atoms with Gasteiger partial charge < -0.3 is 28.6 Å². The van der Waals surface area contributed by atoms with Crippen LogP contribution in [0.3, 0.4) is 0 Å². The van der Waals surface area contributed by atoms with Gasteiger partial charge in [0.1, 0.15) is 37.0 Å². The predicted octanol–water partition coefficient (Wildman–Crippen LogP) is 8.26. The molecule has 5 aromatic rings. The molecule has 1 aliphatic carbocycles. The number of ketones is 1. The fourth-order valence-corrected chi connectivity index (χ4v) is 11.3. The third kappa shape index (κ3) is 14.1. The molecule has 0 saturated heterocycles. The molecule has 17 nitrogen and oxygen atoms in total. The SMILES string of the molecule is COCCOC1(C(=O)c2nncn2COCC[Si](C)(C)C)CCC(c2nc3c(-c4cnn(-c5ccccc5)c4)cnn3c(N(COCC[Si](C)(C)C)COCC[Si](C)(C)C)c2S(C)(=O)=O)CC1. The number of sulfone groups is 1. The Morgan fingerprint density at radius 1 is 0.821 bits per heavy atom. The number of methoxy groups -OCH3 is 1. The highest BCUT2D eigenvalue weighted by atomic mass is 32.2. The molecule has 67 heavy (non-hydrogen) atoms. The van der Waals surface area contributed by atoms with Crippen molar-refractivity contribution in [2.75, 3.05) is 64.8 Å². The van der Waals surface area contributed by atoms with Crippen LogP contribution in [0.4, 0.5) is 5.82 Å². The van der Waals surface area contributed by atoms with Crippen LogP contribution >= 0.6 is 0 Å². The maximum Gasteiger partial charge on any atom is 0.231 e. The van der Waals surface area contributed by atoms with Crippen LogP contribution in [0, 0.1) is 0 Å². The maximum atomic E-state index is 14.7. The van der Waals surface area contributed by atoms with Gasteiger partial charge in [0.2, 0.25) is 11.6 Å². The third-order valence-corrected chi connectivity index (χ3v) is 18.2. The molecule has 4 aromatic heterocycles. The van der Waals surface area contributed by atoms with Crippen LogP contribution in [0.15, 0.2) is 60.1 Å². The first-order chi connectivity index (χ1) is 31.6. The number of carbonyl (C=O) groups excluding carboxylic acids is 1. The summed E-state index contributed by atoms with van der Waals surface area (Å²) in [7, 11) is -6.65. The van der Waals surface area contributed by atoms with E-state index >= 15 is 0 Å². The Balaban J connectivity index is 1.43. The lowest BCUT2D eigenvalue weighted by molar-refractivity contribution is -0.0641. The minimum atomic E-state index is -4.00. The maximum absolute atomic E-state index is 14.7. The molecule has 1 fully saturated rings. The van der Waals surface area contributed by atoms with Crippen LogP contribution in [-0.4, -0.2) is 143 Å². The second kappa shape index (κ2) is 22.2. The number of Topliss-reactive ketones (excluding diaryl/α,β-unsaturated/α-hetero) is 1. The minimum absolute atomic E-state index is 0.0524. The number of para-hydroxylation sites is 1. The van der Waals surface area contributed by atoms with Crippen molar-refractivity contribution < 1.29 is 36.9 Å². The first kappa shape index (κ1) is 52.4. The van der Waals surface area contributed by atoms with Gasteiger partial charge in [0.05, 0.1) is 37.0 Å². The molecule has 21 heteroatoms. The molecule has 0 aliphatic heterocycles. The van der Waals surface area contributed by atoms with Gasteiger partial charge in [-0.1, -0.05) is 77.1 Å². The molecular formula is C46H73N9O8SSi3. The number of benzene rings is 1. The number of fused-ring (bicyclic) bond motifs is 1. The van der Waals surface area contributed by atoms with E-state index < -0.39 is 39.7 Å². The van der Waals surface area contributed by atoms with Crippen molar-refractivity contribution in [3.05, 3.63) is 66.8 Å². The largest absolute Gasteiger partial charge is 0.382 e. The van der Waals surface area contributed by atoms with E-state index in [-0.39, 0.29) is 68.7 Å². The molecule has 0 bridgehead atoms. The van der Waals surface area contributed by atoms with E-state index in [1.807, 2.05) is 41.4 Å². The van der Waals surface area contributed by atoms with E-state index in [2.05, 4.69) is 74.2 Å². The highest BCUT2D eigenvalue weighted by molar-refractivity contribution is 7.91. The normalized spacial score (nSPS) is 17.4. The van der Waals surface area contributed by atoms with E-state index in [1.54, 1.807) is 33.3 Å². The number of aromatic nitrogens is 8. The first-order valence-electron chi connectivity index (χ1n) is 23.3. The molecule has 0 spiro atoms. The zero-order chi connectivity index (χ0) is 48.6. The number of ether oxygens (including phenoxy) is 5. The van der Waals surface area contributed by atoms with Gasteiger partial charge in [-0.15, -0.1) is 10.2 Å². The van der Waals surface area contributed by atoms with Crippen molar-refractivity contribution in [1.29, 1.82) is 0 Å². The zero-order valence-corrected chi connectivity index (χ0v) is 45.4. The van der Waals surface area contributed by atoms with Gasteiger partial charge >= 0.3 is 0 Å². The van der Waals surface area contributed by atoms with Gasteiger partial charge in [-0.05, 0) is 55.9 Å². The molecule has 1 aliphatic rings. The Kier molecular flexibility index (Phi) is 17.4. The quantitative estimate of drug-likeness (QED) is 0.0224. The van der Waals surface area contributed by atoms with E-state index in [1.165, 1.54) is 12.6 Å². The predicted molar refractivity (Wildman–Crippen MR) is 269 cm³/mol. The molecule has 1 aromatic carbocycles. The van der Waals surface area contributed by atoms with E-state index in [0.29, 0.717) is 55.4 Å². The van der Waals surface area contributed by atoms with Crippen LogP contribution in [0.5, 0.6) is 0 Å². The Bertz CT molecular complexity index is 2480. The number of rotatable bonds is 26. The number of nitrogens with zero attached hydrogens (tertiary/aromatic N) is 9. The summed E-state index contributed by atoms with van der Waals surface area (Å²) in [5.74, 6) is -0.218. The van der Waals surface area contributed by atoms with Crippen molar-refractivity contribution in [1.82, 2.24) is 39.1 Å². The van der Waals surface area contributed by atoms with Gasteiger partial charge in [0.15, 0.2) is 21.3 Å². The standard InChI is InChI=1S/C46H73N9O8SSi3/c1-59-21-22-63-46(42(56)44-51-47-32-52(44)33-60-23-26-65(3,4)5)19-17-36(18-20-46)40-41(64(2,57)58)45(53(34-61-24-27-66(6,7)8)35-62-25-28-67(9,10)11)55-43(50-40)39(30-49-55)37-29-48-54(31-37)38-15-13-12-14-16-38/h12-16,29-32,36H,17-28,33-35H2,1-11H3. The zero-order valence-electron chi connectivity index (χ0n) is 41.6. The molecule has 4 heterocycles. The van der Waals surface area contributed by atoms with Crippen LogP contribution in [-0.2, 0) is 40.3 Å². The van der Waals surface area contributed by atoms with Gasteiger partial charge in [-0.25, -0.2) is 18.1 Å². The van der Waals surface area contributed by atoms with Crippen molar-refractivity contribution >= 4 is 51.3 Å². The van der Waals surface area contributed by atoms with E-state index in [9.17, 15) is 13.2 Å². The summed E-state index contributed by atoms with van der Waals surface area (Å²) in [6, 6.07) is 12.7. The topological polar surface area (TPSA) is 179 Å². The molecule has 0 atom stereocenters. The van der Waals surface area contributed by atoms with Gasteiger partial charge in [0.25, 0.3) is 0 Å². The van der Waals surface area contributed by atoms with Gasteiger partial charge in [-0.2, -0.15) is 14.7 Å². The summed E-state index contributed by atoms with van der Waals surface area (Å²) in [6.45, 7) is 23.0. The van der Waals surface area contributed by atoms with E-state index in [0.717, 1.165) is 29.4 Å². The summed E-state index contributed by atoms with van der Waals surface area (Å²) in [4.78, 5) is 21.9. The molecule has 0 radical (unpaired) electrons. The lowest BCUT2D eigenvalue weighted by Gasteiger charge is -2.39. The minimum Gasteiger partial charge on any atom is -0.382 e. The fraction of sp³-hybridized carbons (Fsp3) is 0.609. The lowest BCUT2D eigenvalue weighted by Crippen LogP contribution is -2.46.